The zero-order valence-electron chi connectivity index (χ0n) is 15.5. The van der Waals surface area contributed by atoms with Crippen molar-refractivity contribution in [2.75, 3.05) is 7.11 Å². The number of allylic oxidation sites excluding steroid dienone is 1. The highest BCUT2D eigenvalue weighted by atomic mass is 16.5. The van der Waals surface area contributed by atoms with Crippen LogP contribution in [-0.4, -0.2) is 18.4 Å². The molecule has 1 heterocycles. The number of fused-ring (bicyclic) bond motifs is 1. The van der Waals surface area contributed by atoms with Crippen molar-refractivity contribution in [1.82, 2.24) is 5.32 Å². The molecule has 2 aliphatic carbocycles. The van der Waals surface area contributed by atoms with Crippen LogP contribution >= 0.6 is 0 Å². The van der Waals surface area contributed by atoms with Gasteiger partial charge in [0.15, 0.2) is 17.3 Å². The Morgan fingerprint density at radius 1 is 1.11 bits per heavy atom. The molecule has 2 aromatic rings. The van der Waals surface area contributed by atoms with Gasteiger partial charge in [-0.15, -0.1) is 0 Å². The van der Waals surface area contributed by atoms with Gasteiger partial charge in [-0.25, -0.2) is 0 Å². The molecule has 2 atom stereocenters. The molecule has 4 heteroatoms. The van der Waals surface area contributed by atoms with Crippen LogP contribution in [0.15, 0.2) is 54.6 Å². The molecule has 1 fully saturated rings. The minimum absolute atomic E-state index is 0.106. The number of carbonyl (C=O) groups is 1. The number of hydrogen-bond donors (Lipinski definition) is 1. The van der Waals surface area contributed by atoms with E-state index in [0.717, 1.165) is 36.4 Å². The summed E-state index contributed by atoms with van der Waals surface area (Å²) in [4.78, 5) is 12.1. The number of benzene rings is 2. The van der Waals surface area contributed by atoms with Gasteiger partial charge in [0, 0.05) is 23.9 Å². The Bertz CT molecular complexity index is 936. The Morgan fingerprint density at radius 3 is 2.70 bits per heavy atom. The van der Waals surface area contributed by atoms with Gasteiger partial charge in [0.1, 0.15) is 6.61 Å². The molecule has 0 radical (unpaired) electrons. The van der Waals surface area contributed by atoms with Crippen molar-refractivity contribution in [2.24, 2.45) is 0 Å². The lowest BCUT2D eigenvalue weighted by molar-refractivity contribution is -0.119. The van der Waals surface area contributed by atoms with Crippen molar-refractivity contribution in [3.63, 3.8) is 0 Å². The summed E-state index contributed by atoms with van der Waals surface area (Å²) in [6.45, 7) is 1.26. The largest absolute Gasteiger partial charge is 0.493 e. The van der Waals surface area contributed by atoms with E-state index in [9.17, 15) is 4.79 Å². The molecule has 1 aliphatic heterocycles. The van der Waals surface area contributed by atoms with Crippen LogP contribution in [0.5, 0.6) is 11.5 Å². The van der Waals surface area contributed by atoms with Gasteiger partial charge in [0.25, 0.3) is 0 Å². The molecule has 1 saturated carbocycles. The maximum atomic E-state index is 12.1. The van der Waals surface area contributed by atoms with E-state index < -0.39 is 0 Å². The predicted octanol–water partition coefficient (Wildman–Crippen LogP) is 3.68. The van der Waals surface area contributed by atoms with Gasteiger partial charge >= 0.3 is 0 Å². The number of ether oxygens (including phenoxy) is 2. The molecule has 138 valence electrons. The number of carbonyl (C=O) groups excluding carboxylic acids is 1. The Morgan fingerprint density at radius 2 is 1.96 bits per heavy atom. The first kappa shape index (κ1) is 16.6. The molecule has 1 unspecified atom stereocenters. The Labute approximate surface area is 159 Å². The maximum absolute atomic E-state index is 12.1. The summed E-state index contributed by atoms with van der Waals surface area (Å²) in [5.41, 5.74) is 3.40. The highest BCUT2D eigenvalue weighted by molar-refractivity contribution is 5.93. The quantitative estimate of drug-likeness (QED) is 0.903. The van der Waals surface area contributed by atoms with Gasteiger partial charge in [0.05, 0.1) is 7.11 Å². The maximum Gasteiger partial charge on any atom is 0.161 e. The van der Waals surface area contributed by atoms with E-state index in [1.807, 2.05) is 18.2 Å². The van der Waals surface area contributed by atoms with Crippen molar-refractivity contribution in [1.29, 1.82) is 0 Å². The van der Waals surface area contributed by atoms with Crippen LogP contribution in [0.3, 0.4) is 0 Å². The highest BCUT2D eigenvalue weighted by Gasteiger charge is 2.62. The number of hydrogen-bond acceptors (Lipinski definition) is 4. The third kappa shape index (κ3) is 2.36. The second-order valence-electron chi connectivity index (χ2n) is 7.82. The Balaban J connectivity index is 1.54. The molecular formula is C23H23NO3. The third-order valence-corrected chi connectivity index (χ3v) is 6.55. The van der Waals surface area contributed by atoms with Gasteiger partial charge in [-0.1, -0.05) is 36.4 Å². The van der Waals surface area contributed by atoms with E-state index in [1.54, 1.807) is 13.2 Å². The van der Waals surface area contributed by atoms with E-state index in [0.29, 0.717) is 13.0 Å². The second kappa shape index (κ2) is 5.96. The molecule has 0 amide bonds. The lowest BCUT2D eigenvalue weighted by atomic mass is 9.46. The standard InChI is InChI=1S/C23H23NO3/c1-26-20-11-17-14-24-23-10-9-22(23,8-7-18(25)13-23)19(17)12-21(20)27-15-16-5-3-2-4-6-16/h2-8,11-12,24H,9-10,13-15H2,1H3/t22-,23?/m0/s1. The first-order valence-corrected chi connectivity index (χ1v) is 9.51. The van der Waals surface area contributed by atoms with Crippen LogP contribution in [0.1, 0.15) is 36.0 Å². The summed E-state index contributed by atoms with van der Waals surface area (Å²) in [6.07, 6.45) is 6.56. The topological polar surface area (TPSA) is 47.6 Å². The van der Waals surface area contributed by atoms with Crippen LogP contribution < -0.4 is 14.8 Å². The average Bonchev–Trinajstić information content (AvgIpc) is 2.69. The van der Waals surface area contributed by atoms with E-state index in [-0.39, 0.29) is 16.7 Å². The van der Waals surface area contributed by atoms with E-state index in [4.69, 9.17) is 9.47 Å². The normalized spacial score (nSPS) is 27.8. The lowest BCUT2D eigenvalue weighted by Crippen LogP contribution is -2.71. The molecule has 0 aromatic heterocycles. The van der Waals surface area contributed by atoms with E-state index in [2.05, 4.69) is 35.7 Å². The molecule has 0 bridgehead atoms. The van der Waals surface area contributed by atoms with E-state index >= 15 is 0 Å². The average molecular weight is 361 g/mol. The molecule has 27 heavy (non-hydrogen) atoms. The summed E-state index contributed by atoms with van der Waals surface area (Å²) in [5, 5.41) is 3.67. The highest BCUT2D eigenvalue weighted by Crippen LogP contribution is 2.60. The number of rotatable bonds is 4. The molecule has 1 N–H and O–H groups in total. The fourth-order valence-corrected chi connectivity index (χ4v) is 5.00. The third-order valence-electron chi connectivity index (χ3n) is 6.55. The molecule has 2 aromatic carbocycles. The number of ketones is 1. The van der Waals surface area contributed by atoms with Crippen molar-refractivity contribution in [3.8, 4) is 11.5 Å². The minimum atomic E-state index is -0.128. The lowest BCUT2D eigenvalue weighted by Gasteiger charge is -2.63. The van der Waals surface area contributed by atoms with Crippen molar-refractivity contribution >= 4 is 5.78 Å². The summed E-state index contributed by atoms with van der Waals surface area (Å²) >= 11 is 0. The van der Waals surface area contributed by atoms with E-state index in [1.165, 1.54) is 11.1 Å². The fourth-order valence-electron chi connectivity index (χ4n) is 5.00. The SMILES string of the molecule is COc1cc2c(cc1OCc1ccccc1)[C@@]13C=CC(=O)CC1(CC3)NC2. The molecule has 0 spiro atoms. The molecule has 0 saturated heterocycles. The smallest absolute Gasteiger partial charge is 0.161 e. The van der Waals surface area contributed by atoms with Gasteiger partial charge < -0.3 is 14.8 Å². The van der Waals surface area contributed by atoms with Crippen LogP contribution in [0.25, 0.3) is 0 Å². The van der Waals surface area contributed by atoms with Crippen LogP contribution in [-0.2, 0) is 23.4 Å². The second-order valence-corrected chi connectivity index (χ2v) is 7.82. The van der Waals surface area contributed by atoms with Crippen LogP contribution in [0.4, 0.5) is 0 Å². The summed E-state index contributed by atoms with van der Waals surface area (Å²) < 4.78 is 11.8. The molecular weight excluding hydrogens is 338 g/mol. The molecule has 3 aliphatic rings. The van der Waals surface area contributed by atoms with Crippen LogP contribution in [0.2, 0.25) is 0 Å². The predicted molar refractivity (Wildman–Crippen MR) is 103 cm³/mol. The minimum Gasteiger partial charge on any atom is -0.493 e. The fraction of sp³-hybridized carbons (Fsp3) is 0.348. The van der Waals surface area contributed by atoms with Gasteiger partial charge in [-0.3, -0.25) is 4.79 Å². The molecule has 5 rings (SSSR count). The summed E-state index contributed by atoms with van der Waals surface area (Å²) in [7, 11) is 1.68. The Kier molecular flexibility index (Phi) is 3.66. The Hall–Kier alpha value is -2.59. The zero-order valence-corrected chi connectivity index (χ0v) is 15.5. The number of methoxy groups -OCH3 is 1. The summed E-state index contributed by atoms with van der Waals surface area (Å²) in [5.74, 6) is 1.74. The van der Waals surface area contributed by atoms with Crippen molar-refractivity contribution in [3.05, 3.63) is 71.3 Å². The first-order valence-electron chi connectivity index (χ1n) is 9.51. The van der Waals surface area contributed by atoms with Gasteiger partial charge in [-0.05, 0) is 47.7 Å². The number of nitrogens with one attached hydrogen (secondary N) is 1. The zero-order chi connectivity index (χ0) is 18.5. The van der Waals surface area contributed by atoms with Gasteiger partial charge in [-0.2, -0.15) is 0 Å². The molecule has 4 nitrogen and oxygen atoms in total. The monoisotopic (exact) mass is 361 g/mol. The van der Waals surface area contributed by atoms with Crippen molar-refractivity contribution < 1.29 is 14.3 Å². The van der Waals surface area contributed by atoms with Crippen molar-refractivity contribution in [2.45, 2.75) is 43.4 Å². The van der Waals surface area contributed by atoms with Crippen LogP contribution in [0, 0.1) is 0 Å². The summed E-state index contributed by atoms with van der Waals surface area (Å²) in [6, 6.07) is 14.4. The first-order chi connectivity index (χ1) is 13.2. The van der Waals surface area contributed by atoms with Gasteiger partial charge in [0.2, 0.25) is 0 Å².